The molecule has 0 fully saturated rings. The van der Waals surface area contributed by atoms with Crippen molar-refractivity contribution in [1.29, 1.82) is 0 Å². The molecule has 6 nitrogen and oxygen atoms in total. The monoisotopic (exact) mass is 494 g/mol. The van der Waals surface area contributed by atoms with E-state index in [1.165, 1.54) is 0 Å². The first kappa shape index (κ1) is 26.1. The molecule has 3 rings (SSSR count). The van der Waals surface area contributed by atoms with Crippen LogP contribution in [0.2, 0.25) is 5.02 Å². The van der Waals surface area contributed by atoms with Gasteiger partial charge in [-0.1, -0.05) is 60.1 Å². The van der Waals surface area contributed by atoms with Crippen LogP contribution in [-0.4, -0.2) is 43.5 Å². The number of ether oxygens (including phenoxy) is 2. The number of rotatable bonds is 11. The Kier molecular flexibility index (Phi) is 9.56. The molecule has 3 aromatic rings. The Morgan fingerprint density at radius 3 is 2.20 bits per heavy atom. The van der Waals surface area contributed by atoms with Crippen molar-refractivity contribution in [3.63, 3.8) is 0 Å². The van der Waals surface area contributed by atoms with Crippen LogP contribution < -0.4 is 14.8 Å². The van der Waals surface area contributed by atoms with E-state index < -0.39 is 6.04 Å². The zero-order valence-electron chi connectivity index (χ0n) is 20.3. The molecule has 0 spiro atoms. The summed E-state index contributed by atoms with van der Waals surface area (Å²) in [5, 5.41) is 3.58. The normalized spacial score (nSPS) is 11.4. The zero-order valence-corrected chi connectivity index (χ0v) is 21.0. The molecule has 1 N–H and O–H groups in total. The molecule has 0 aliphatic heterocycles. The summed E-state index contributed by atoms with van der Waals surface area (Å²) in [5.74, 6) is 0.773. The predicted molar refractivity (Wildman–Crippen MR) is 138 cm³/mol. The first-order chi connectivity index (χ1) is 16.9. The minimum absolute atomic E-state index is 0.121. The molecule has 0 aliphatic rings. The highest BCUT2D eigenvalue weighted by atomic mass is 35.5. The molecule has 0 unspecified atom stereocenters. The van der Waals surface area contributed by atoms with E-state index in [2.05, 4.69) is 5.32 Å². The average molecular weight is 495 g/mol. The van der Waals surface area contributed by atoms with Crippen LogP contribution in [0.15, 0.2) is 72.8 Å². The molecule has 2 amide bonds. The molecular formula is C28H31ClN2O4. The summed E-state index contributed by atoms with van der Waals surface area (Å²) in [6, 6.07) is 21.9. The Balaban J connectivity index is 1.73. The van der Waals surface area contributed by atoms with Gasteiger partial charge in [0.25, 0.3) is 0 Å². The lowest BCUT2D eigenvalue weighted by molar-refractivity contribution is -0.140. The molecule has 7 heteroatoms. The maximum Gasteiger partial charge on any atom is 0.242 e. The van der Waals surface area contributed by atoms with E-state index in [-0.39, 0.29) is 24.8 Å². The van der Waals surface area contributed by atoms with Gasteiger partial charge in [-0.15, -0.1) is 0 Å². The highest BCUT2D eigenvalue weighted by Gasteiger charge is 2.26. The summed E-state index contributed by atoms with van der Waals surface area (Å²) in [5.41, 5.74) is 2.80. The van der Waals surface area contributed by atoms with Crippen molar-refractivity contribution >= 4 is 23.4 Å². The number of halogens is 1. The van der Waals surface area contributed by atoms with Gasteiger partial charge in [0, 0.05) is 18.1 Å². The number of methoxy groups -OCH3 is 2. The van der Waals surface area contributed by atoms with Crippen molar-refractivity contribution in [1.82, 2.24) is 10.2 Å². The first-order valence-electron chi connectivity index (χ1n) is 11.5. The Bertz CT molecular complexity index is 1120. The van der Waals surface area contributed by atoms with Gasteiger partial charge in [-0.05, 0) is 54.3 Å². The number of nitrogens with one attached hydrogen (secondary N) is 1. The lowest BCUT2D eigenvalue weighted by atomic mass is 10.1. The Hall–Kier alpha value is -3.51. The fourth-order valence-corrected chi connectivity index (χ4v) is 3.88. The van der Waals surface area contributed by atoms with E-state index in [0.29, 0.717) is 23.1 Å². The highest BCUT2D eigenvalue weighted by Crippen LogP contribution is 2.28. The van der Waals surface area contributed by atoms with Crippen LogP contribution in [0.1, 0.15) is 23.6 Å². The van der Waals surface area contributed by atoms with Crippen LogP contribution >= 0.6 is 11.6 Å². The third-order valence-electron chi connectivity index (χ3n) is 5.79. The number of benzene rings is 3. The highest BCUT2D eigenvalue weighted by molar-refractivity contribution is 6.30. The summed E-state index contributed by atoms with van der Waals surface area (Å²) < 4.78 is 10.7. The van der Waals surface area contributed by atoms with Crippen molar-refractivity contribution in [3.8, 4) is 11.5 Å². The summed E-state index contributed by atoms with van der Waals surface area (Å²) in [6.45, 7) is 2.53. The Morgan fingerprint density at radius 1 is 0.886 bits per heavy atom. The Labute approximate surface area is 211 Å². The predicted octanol–water partition coefficient (Wildman–Crippen LogP) is 4.68. The van der Waals surface area contributed by atoms with E-state index in [0.717, 1.165) is 23.1 Å². The third kappa shape index (κ3) is 7.49. The smallest absolute Gasteiger partial charge is 0.242 e. The topological polar surface area (TPSA) is 67.9 Å². The molecule has 35 heavy (non-hydrogen) atoms. The third-order valence-corrected chi connectivity index (χ3v) is 6.04. The van der Waals surface area contributed by atoms with E-state index >= 15 is 0 Å². The van der Waals surface area contributed by atoms with Crippen molar-refractivity contribution in [2.45, 2.75) is 32.4 Å². The van der Waals surface area contributed by atoms with Crippen LogP contribution in [-0.2, 0) is 29.0 Å². The molecule has 0 aromatic heterocycles. The van der Waals surface area contributed by atoms with Crippen LogP contribution in [0.25, 0.3) is 0 Å². The van der Waals surface area contributed by atoms with Crippen LogP contribution in [0.5, 0.6) is 11.5 Å². The average Bonchev–Trinajstić information content (AvgIpc) is 2.88. The van der Waals surface area contributed by atoms with Gasteiger partial charge in [0.2, 0.25) is 11.8 Å². The maximum atomic E-state index is 13.4. The molecule has 0 radical (unpaired) electrons. The maximum absolute atomic E-state index is 13.4. The molecule has 0 saturated heterocycles. The van der Waals surface area contributed by atoms with Crippen molar-refractivity contribution in [2.75, 3.05) is 20.8 Å². The second-order valence-electron chi connectivity index (χ2n) is 8.22. The Morgan fingerprint density at radius 2 is 1.54 bits per heavy atom. The fourth-order valence-electron chi connectivity index (χ4n) is 3.76. The number of carbonyl (C=O) groups excluding carboxylic acids is 2. The van der Waals surface area contributed by atoms with E-state index in [9.17, 15) is 9.59 Å². The first-order valence-corrected chi connectivity index (χ1v) is 11.9. The second kappa shape index (κ2) is 12.8. The number of hydrogen-bond acceptors (Lipinski definition) is 4. The van der Waals surface area contributed by atoms with E-state index in [1.807, 2.05) is 48.5 Å². The van der Waals surface area contributed by atoms with Crippen LogP contribution in [0.4, 0.5) is 0 Å². The van der Waals surface area contributed by atoms with Gasteiger partial charge in [0.05, 0.1) is 20.6 Å². The lowest BCUT2D eigenvalue weighted by Gasteiger charge is -2.29. The van der Waals surface area contributed by atoms with Gasteiger partial charge in [-0.2, -0.15) is 0 Å². The molecule has 0 heterocycles. The summed E-state index contributed by atoms with van der Waals surface area (Å²) >= 11 is 6.03. The lowest BCUT2D eigenvalue weighted by Crippen LogP contribution is -2.48. The summed E-state index contributed by atoms with van der Waals surface area (Å²) in [4.78, 5) is 28.0. The number of nitrogens with zero attached hydrogens (tertiary/aromatic N) is 1. The SMILES string of the molecule is COc1ccc(CC(=O)N(Cc2ccc(Cl)cc2)[C@@H](C)C(=O)NCCc2ccccc2)cc1OC. The molecule has 1 atom stereocenters. The summed E-state index contributed by atoms with van der Waals surface area (Å²) in [6.07, 6.45) is 0.839. The second-order valence-corrected chi connectivity index (χ2v) is 8.65. The fraction of sp³-hybridized carbons (Fsp3) is 0.286. The van der Waals surface area contributed by atoms with Gasteiger partial charge >= 0.3 is 0 Å². The van der Waals surface area contributed by atoms with Gasteiger partial charge in [-0.25, -0.2) is 0 Å². The molecular weight excluding hydrogens is 464 g/mol. The quantitative estimate of drug-likeness (QED) is 0.420. The molecule has 184 valence electrons. The minimum Gasteiger partial charge on any atom is -0.493 e. The molecule has 3 aromatic carbocycles. The van der Waals surface area contributed by atoms with Crippen molar-refractivity contribution in [2.24, 2.45) is 0 Å². The summed E-state index contributed by atoms with van der Waals surface area (Å²) in [7, 11) is 3.12. The van der Waals surface area contributed by atoms with Crippen molar-refractivity contribution < 1.29 is 19.1 Å². The van der Waals surface area contributed by atoms with Gasteiger partial charge in [0.15, 0.2) is 11.5 Å². The standard InChI is InChI=1S/C28H31ClN2O4/c1-20(28(33)30-16-15-21-7-5-4-6-8-21)31(19-22-9-12-24(29)13-10-22)27(32)18-23-11-14-25(34-2)26(17-23)35-3/h4-14,17,20H,15-16,18-19H2,1-3H3,(H,30,33)/t20-/m0/s1. The van der Waals surface area contributed by atoms with Crippen LogP contribution in [0, 0.1) is 0 Å². The largest absolute Gasteiger partial charge is 0.493 e. The molecule has 0 saturated carbocycles. The zero-order chi connectivity index (χ0) is 25.2. The van der Waals surface area contributed by atoms with E-state index in [4.69, 9.17) is 21.1 Å². The minimum atomic E-state index is -0.658. The van der Waals surface area contributed by atoms with Gasteiger partial charge in [0.1, 0.15) is 6.04 Å². The molecule has 0 aliphatic carbocycles. The number of carbonyl (C=O) groups is 2. The van der Waals surface area contributed by atoms with Gasteiger partial charge in [-0.3, -0.25) is 9.59 Å². The number of amides is 2. The van der Waals surface area contributed by atoms with E-state index in [1.54, 1.807) is 50.3 Å². The molecule has 0 bridgehead atoms. The van der Waals surface area contributed by atoms with Crippen LogP contribution in [0.3, 0.4) is 0 Å². The number of hydrogen-bond donors (Lipinski definition) is 1. The van der Waals surface area contributed by atoms with Crippen molar-refractivity contribution in [3.05, 3.63) is 94.5 Å². The van der Waals surface area contributed by atoms with Gasteiger partial charge < -0.3 is 19.7 Å².